The van der Waals surface area contributed by atoms with Crippen LogP contribution in [-0.2, 0) is 6.61 Å². The van der Waals surface area contributed by atoms with E-state index in [1.54, 1.807) is 0 Å². The molecule has 136 valence electrons. The fourth-order valence-electron chi connectivity index (χ4n) is 2.11. The van der Waals surface area contributed by atoms with Gasteiger partial charge in [-0.1, -0.05) is 34.1 Å². The van der Waals surface area contributed by atoms with Crippen molar-refractivity contribution >= 4 is 15.9 Å². The molecule has 0 fully saturated rings. The monoisotopic (exact) mass is 424 g/mol. The van der Waals surface area contributed by atoms with Gasteiger partial charge in [-0.15, -0.1) is 0 Å². The Hall–Kier alpha value is -1.83. The number of hydrogen-bond donors (Lipinski definition) is 0. The van der Waals surface area contributed by atoms with E-state index in [2.05, 4.69) is 20.7 Å². The molecular weight excluding hydrogens is 411 g/mol. The molecule has 0 amide bonds. The van der Waals surface area contributed by atoms with E-state index in [9.17, 15) is 22.0 Å². The molecule has 0 atom stereocenters. The van der Waals surface area contributed by atoms with Crippen molar-refractivity contribution in [1.29, 1.82) is 0 Å². The van der Waals surface area contributed by atoms with Crippen molar-refractivity contribution in [2.24, 2.45) is 0 Å². The van der Waals surface area contributed by atoms with Crippen molar-refractivity contribution in [3.8, 4) is 11.5 Å². The Morgan fingerprint density at radius 1 is 0.960 bits per heavy atom. The number of alkyl halides is 5. The Morgan fingerprint density at radius 3 is 2.12 bits per heavy atom. The lowest BCUT2D eigenvalue weighted by molar-refractivity contribution is -0.360. The smallest absolute Gasteiger partial charge is 0.488 e. The van der Waals surface area contributed by atoms with Gasteiger partial charge in [0, 0.05) is 10.0 Å². The number of halogens is 6. The SMILES string of the molecule is Cc1cccc(C)c1OCc1cc(OC(F)(F)C(F)(F)F)ccc1Br. The van der Waals surface area contributed by atoms with E-state index < -0.39 is 18.0 Å². The predicted molar refractivity (Wildman–Crippen MR) is 86.0 cm³/mol. The van der Waals surface area contributed by atoms with E-state index in [1.807, 2.05) is 32.0 Å². The van der Waals surface area contributed by atoms with Crippen molar-refractivity contribution in [3.05, 3.63) is 57.6 Å². The molecule has 2 nitrogen and oxygen atoms in total. The largest absolute Gasteiger partial charge is 0.499 e. The Kier molecular flexibility index (Phi) is 5.61. The molecule has 0 N–H and O–H groups in total. The molecular formula is C17H14BrF5O2. The zero-order chi connectivity index (χ0) is 18.8. The van der Waals surface area contributed by atoms with Crippen LogP contribution in [0.2, 0.25) is 0 Å². The molecule has 0 aliphatic carbocycles. The summed E-state index contributed by atoms with van der Waals surface area (Å²) in [6.45, 7) is 3.67. The minimum atomic E-state index is -5.80. The molecule has 0 heterocycles. The Labute approximate surface area is 149 Å². The van der Waals surface area contributed by atoms with Crippen LogP contribution >= 0.6 is 15.9 Å². The van der Waals surface area contributed by atoms with Gasteiger partial charge in [0.1, 0.15) is 18.1 Å². The first-order valence-electron chi connectivity index (χ1n) is 7.12. The summed E-state index contributed by atoms with van der Waals surface area (Å²) in [4.78, 5) is 0. The second kappa shape index (κ2) is 7.19. The number of benzene rings is 2. The Balaban J connectivity index is 2.20. The van der Waals surface area contributed by atoms with Crippen molar-refractivity contribution in [2.45, 2.75) is 32.7 Å². The summed E-state index contributed by atoms with van der Waals surface area (Å²) in [5.74, 6) is 0.0203. The van der Waals surface area contributed by atoms with Crippen LogP contribution < -0.4 is 9.47 Å². The maximum Gasteiger partial charge on any atom is 0.499 e. The third kappa shape index (κ3) is 4.62. The normalized spacial score (nSPS) is 12.2. The average molecular weight is 425 g/mol. The van der Waals surface area contributed by atoms with Gasteiger partial charge in [0.25, 0.3) is 0 Å². The van der Waals surface area contributed by atoms with E-state index in [4.69, 9.17) is 4.74 Å². The van der Waals surface area contributed by atoms with E-state index >= 15 is 0 Å². The number of ether oxygens (including phenoxy) is 2. The van der Waals surface area contributed by atoms with Crippen LogP contribution in [0, 0.1) is 13.8 Å². The van der Waals surface area contributed by atoms with Gasteiger partial charge in [0.2, 0.25) is 0 Å². The first-order valence-corrected chi connectivity index (χ1v) is 7.91. The second-order valence-electron chi connectivity index (χ2n) is 5.38. The first kappa shape index (κ1) is 19.5. The van der Waals surface area contributed by atoms with Gasteiger partial charge < -0.3 is 9.47 Å². The molecule has 0 aliphatic heterocycles. The fourth-order valence-corrected chi connectivity index (χ4v) is 2.47. The number of aryl methyl sites for hydroxylation is 2. The Morgan fingerprint density at radius 2 is 1.56 bits per heavy atom. The summed E-state index contributed by atoms with van der Waals surface area (Å²) in [5, 5.41) is 0. The molecule has 0 aliphatic rings. The van der Waals surface area contributed by atoms with Crippen LogP contribution in [0.4, 0.5) is 22.0 Å². The first-order chi connectivity index (χ1) is 11.5. The molecule has 25 heavy (non-hydrogen) atoms. The molecule has 8 heteroatoms. The molecule has 0 unspecified atom stereocenters. The van der Waals surface area contributed by atoms with Crippen molar-refractivity contribution in [3.63, 3.8) is 0 Å². The summed E-state index contributed by atoms with van der Waals surface area (Å²) in [6.07, 6.45) is -11.1. The summed E-state index contributed by atoms with van der Waals surface area (Å²) in [6, 6.07) is 8.98. The van der Waals surface area contributed by atoms with Gasteiger partial charge >= 0.3 is 12.3 Å². The molecule has 0 radical (unpaired) electrons. The predicted octanol–water partition coefficient (Wildman–Crippen LogP) is 6.18. The lowest BCUT2D eigenvalue weighted by Gasteiger charge is -2.21. The lowest BCUT2D eigenvalue weighted by atomic mass is 10.1. The average Bonchev–Trinajstić information content (AvgIpc) is 2.48. The van der Waals surface area contributed by atoms with Crippen molar-refractivity contribution in [1.82, 2.24) is 0 Å². The van der Waals surface area contributed by atoms with Crippen LogP contribution in [0.3, 0.4) is 0 Å². The van der Waals surface area contributed by atoms with Crippen LogP contribution in [0.5, 0.6) is 11.5 Å². The second-order valence-corrected chi connectivity index (χ2v) is 6.23. The molecule has 2 rings (SSSR count). The molecule has 2 aromatic rings. The third-order valence-electron chi connectivity index (χ3n) is 3.37. The minimum Gasteiger partial charge on any atom is -0.488 e. The van der Waals surface area contributed by atoms with E-state index in [0.29, 0.717) is 15.8 Å². The van der Waals surface area contributed by atoms with E-state index in [-0.39, 0.29) is 6.61 Å². The highest BCUT2D eigenvalue weighted by atomic mass is 79.9. The summed E-state index contributed by atoms with van der Waals surface area (Å²) < 4.78 is 72.8. The third-order valence-corrected chi connectivity index (χ3v) is 4.15. The van der Waals surface area contributed by atoms with Gasteiger partial charge in [-0.3, -0.25) is 0 Å². The van der Waals surface area contributed by atoms with Gasteiger partial charge in [0.15, 0.2) is 0 Å². The van der Waals surface area contributed by atoms with Gasteiger partial charge in [-0.25, -0.2) is 0 Å². The molecule has 0 bridgehead atoms. The topological polar surface area (TPSA) is 18.5 Å². The quantitative estimate of drug-likeness (QED) is 0.533. The van der Waals surface area contributed by atoms with E-state index in [0.717, 1.165) is 23.3 Å². The standard InChI is InChI=1S/C17H14BrF5O2/c1-10-4-3-5-11(2)15(10)24-9-12-8-13(6-7-14(12)18)25-17(22,23)16(19,20)21/h3-8H,9H2,1-2H3. The Bertz CT molecular complexity index is 739. The van der Waals surface area contributed by atoms with Crippen molar-refractivity contribution < 1.29 is 31.4 Å². The number of hydrogen-bond acceptors (Lipinski definition) is 2. The van der Waals surface area contributed by atoms with Crippen molar-refractivity contribution in [2.75, 3.05) is 0 Å². The summed E-state index contributed by atoms with van der Waals surface area (Å²) in [7, 11) is 0. The highest BCUT2D eigenvalue weighted by molar-refractivity contribution is 9.10. The maximum atomic E-state index is 13.0. The minimum absolute atomic E-state index is 0.0267. The molecule has 0 saturated carbocycles. The van der Waals surface area contributed by atoms with Crippen LogP contribution in [0.25, 0.3) is 0 Å². The molecule has 2 aromatic carbocycles. The van der Waals surface area contributed by atoms with Crippen LogP contribution in [-0.4, -0.2) is 12.3 Å². The van der Waals surface area contributed by atoms with Crippen LogP contribution in [0.1, 0.15) is 16.7 Å². The zero-order valence-corrected chi connectivity index (χ0v) is 14.8. The highest BCUT2D eigenvalue weighted by Crippen LogP contribution is 2.38. The fraction of sp³-hybridized carbons (Fsp3) is 0.294. The van der Waals surface area contributed by atoms with Gasteiger partial charge in [-0.05, 0) is 43.2 Å². The van der Waals surface area contributed by atoms with Gasteiger partial charge in [0.05, 0.1) is 0 Å². The zero-order valence-electron chi connectivity index (χ0n) is 13.3. The summed E-state index contributed by atoms with van der Waals surface area (Å²) >= 11 is 3.21. The lowest BCUT2D eigenvalue weighted by Crippen LogP contribution is -2.41. The molecule has 0 spiro atoms. The number of rotatable bonds is 5. The van der Waals surface area contributed by atoms with E-state index in [1.165, 1.54) is 6.07 Å². The molecule has 0 aromatic heterocycles. The number of para-hydroxylation sites is 1. The van der Waals surface area contributed by atoms with Crippen LogP contribution in [0.15, 0.2) is 40.9 Å². The summed E-state index contributed by atoms with van der Waals surface area (Å²) in [5.41, 5.74) is 2.14. The maximum absolute atomic E-state index is 13.0. The molecule has 0 saturated heterocycles. The highest BCUT2D eigenvalue weighted by Gasteiger charge is 2.61. The van der Waals surface area contributed by atoms with Gasteiger partial charge in [-0.2, -0.15) is 22.0 Å².